The lowest BCUT2D eigenvalue weighted by Gasteiger charge is -2.23. The molecule has 0 radical (unpaired) electrons. The first kappa shape index (κ1) is 16.1. The van der Waals surface area contributed by atoms with Crippen LogP contribution in [0.15, 0.2) is 30.5 Å². The number of hydrogen-bond acceptors (Lipinski definition) is 2. The predicted octanol–water partition coefficient (Wildman–Crippen LogP) is 5.02. The van der Waals surface area contributed by atoms with Crippen LogP contribution in [0.3, 0.4) is 0 Å². The Morgan fingerprint density at radius 2 is 1.86 bits per heavy atom. The highest BCUT2D eigenvalue weighted by Gasteiger charge is 2.23. The molecule has 0 aliphatic carbocycles. The maximum absolute atomic E-state index is 12.7. The van der Waals surface area contributed by atoms with Crippen molar-refractivity contribution in [3.63, 3.8) is 0 Å². The van der Waals surface area contributed by atoms with Crippen LogP contribution in [0.4, 0.5) is 5.69 Å². The van der Waals surface area contributed by atoms with Crippen LogP contribution in [0, 0.1) is 6.92 Å². The number of amides is 1. The summed E-state index contributed by atoms with van der Waals surface area (Å²) >= 11 is 17.9. The van der Waals surface area contributed by atoms with E-state index in [0.717, 1.165) is 11.3 Å². The third-order valence-electron chi connectivity index (χ3n) is 3.09. The Balaban J connectivity index is 2.47. The van der Waals surface area contributed by atoms with E-state index in [0.29, 0.717) is 6.54 Å². The monoisotopic (exact) mass is 342 g/mol. The molecule has 0 N–H and O–H groups in total. The van der Waals surface area contributed by atoms with Crippen LogP contribution < -0.4 is 4.90 Å². The number of carbonyl (C=O) groups is 1. The first-order valence-electron chi connectivity index (χ1n) is 6.34. The molecular formula is C15H13Cl3N2O. The second kappa shape index (κ2) is 6.65. The van der Waals surface area contributed by atoms with Crippen LogP contribution in [0.25, 0.3) is 0 Å². The van der Waals surface area contributed by atoms with E-state index in [2.05, 4.69) is 4.98 Å². The summed E-state index contributed by atoms with van der Waals surface area (Å²) in [5, 5.41) is 0.427. The molecule has 1 heterocycles. The van der Waals surface area contributed by atoms with Gasteiger partial charge in [-0.05, 0) is 25.5 Å². The maximum atomic E-state index is 12.7. The van der Waals surface area contributed by atoms with E-state index >= 15 is 0 Å². The van der Waals surface area contributed by atoms with Crippen LogP contribution in [0.5, 0.6) is 0 Å². The summed E-state index contributed by atoms with van der Waals surface area (Å²) in [6, 6.07) is 7.61. The zero-order valence-electron chi connectivity index (χ0n) is 11.5. The molecule has 0 spiro atoms. The molecule has 1 aromatic carbocycles. The van der Waals surface area contributed by atoms with Gasteiger partial charge in [0, 0.05) is 18.4 Å². The SMILES string of the molecule is CCN(C(=O)c1ncc(Cl)c(Cl)c1Cl)c1ccccc1C. The van der Waals surface area contributed by atoms with Gasteiger partial charge in [0.1, 0.15) is 5.69 Å². The van der Waals surface area contributed by atoms with Gasteiger partial charge in [-0.25, -0.2) is 4.98 Å². The van der Waals surface area contributed by atoms with Crippen molar-refractivity contribution in [1.29, 1.82) is 0 Å². The fourth-order valence-corrected chi connectivity index (χ4v) is 2.57. The molecule has 0 saturated carbocycles. The molecule has 0 atom stereocenters. The van der Waals surface area contributed by atoms with Crippen molar-refractivity contribution < 1.29 is 4.79 Å². The standard InChI is InChI=1S/C15H13Cl3N2O/c1-3-20(11-7-5-4-6-9(11)2)15(21)14-13(18)12(17)10(16)8-19-14/h4-8H,3H2,1-2H3. The van der Waals surface area contributed by atoms with Crippen molar-refractivity contribution >= 4 is 46.4 Å². The van der Waals surface area contributed by atoms with Crippen molar-refractivity contribution in [3.8, 4) is 0 Å². The maximum Gasteiger partial charge on any atom is 0.278 e. The van der Waals surface area contributed by atoms with E-state index < -0.39 is 0 Å². The largest absolute Gasteiger partial charge is 0.307 e. The summed E-state index contributed by atoms with van der Waals surface area (Å²) in [6.45, 7) is 4.31. The summed E-state index contributed by atoms with van der Waals surface area (Å²) in [4.78, 5) is 18.3. The lowest BCUT2D eigenvalue weighted by molar-refractivity contribution is 0.0983. The van der Waals surface area contributed by atoms with Gasteiger partial charge >= 0.3 is 0 Å². The molecule has 0 fully saturated rings. The summed E-state index contributed by atoms with van der Waals surface area (Å²) < 4.78 is 0. The number of anilines is 1. The van der Waals surface area contributed by atoms with Gasteiger partial charge in [-0.1, -0.05) is 53.0 Å². The predicted molar refractivity (Wildman–Crippen MR) is 87.8 cm³/mol. The highest BCUT2D eigenvalue weighted by atomic mass is 35.5. The number of carbonyl (C=O) groups excluding carboxylic acids is 1. The second-order valence-corrected chi connectivity index (χ2v) is 5.58. The molecule has 21 heavy (non-hydrogen) atoms. The highest BCUT2D eigenvalue weighted by molar-refractivity contribution is 6.49. The Morgan fingerprint density at radius 1 is 1.19 bits per heavy atom. The number of nitrogens with zero attached hydrogens (tertiary/aromatic N) is 2. The van der Waals surface area contributed by atoms with Crippen LogP contribution in [-0.4, -0.2) is 17.4 Å². The number of pyridine rings is 1. The molecule has 0 aliphatic heterocycles. The van der Waals surface area contributed by atoms with Gasteiger partial charge in [-0.15, -0.1) is 0 Å². The van der Waals surface area contributed by atoms with Gasteiger partial charge in [-0.3, -0.25) is 4.79 Å². The van der Waals surface area contributed by atoms with Gasteiger partial charge in [0.05, 0.1) is 15.1 Å². The topological polar surface area (TPSA) is 33.2 Å². The number of para-hydroxylation sites is 1. The van der Waals surface area contributed by atoms with Crippen molar-refractivity contribution in [2.24, 2.45) is 0 Å². The number of hydrogen-bond donors (Lipinski definition) is 0. The average Bonchev–Trinajstić information content (AvgIpc) is 2.47. The minimum atomic E-state index is -0.310. The summed E-state index contributed by atoms with van der Waals surface area (Å²) in [6.07, 6.45) is 1.33. The van der Waals surface area contributed by atoms with E-state index in [1.165, 1.54) is 6.20 Å². The van der Waals surface area contributed by atoms with Crippen LogP contribution in [0.2, 0.25) is 15.1 Å². The molecule has 6 heteroatoms. The van der Waals surface area contributed by atoms with Gasteiger partial charge < -0.3 is 4.90 Å². The van der Waals surface area contributed by atoms with Gasteiger partial charge in [0.15, 0.2) is 0 Å². The average molecular weight is 344 g/mol. The molecule has 2 rings (SSSR count). The molecule has 0 aliphatic rings. The number of benzene rings is 1. The molecule has 110 valence electrons. The van der Waals surface area contributed by atoms with Gasteiger partial charge in [0.25, 0.3) is 5.91 Å². The smallest absolute Gasteiger partial charge is 0.278 e. The first-order chi connectivity index (χ1) is 9.97. The molecule has 0 unspecified atom stereocenters. The van der Waals surface area contributed by atoms with Crippen molar-refractivity contribution in [2.75, 3.05) is 11.4 Å². The molecular weight excluding hydrogens is 331 g/mol. The van der Waals surface area contributed by atoms with E-state index in [1.54, 1.807) is 4.90 Å². The quantitative estimate of drug-likeness (QED) is 0.784. The first-order valence-corrected chi connectivity index (χ1v) is 7.47. The van der Waals surface area contributed by atoms with E-state index in [-0.39, 0.29) is 26.7 Å². The zero-order chi connectivity index (χ0) is 15.6. The molecule has 0 bridgehead atoms. The van der Waals surface area contributed by atoms with Crippen molar-refractivity contribution in [3.05, 3.63) is 56.8 Å². The van der Waals surface area contributed by atoms with Crippen LogP contribution in [0.1, 0.15) is 23.0 Å². The summed E-state index contributed by atoms with van der Waals surface area (Å²) in [7, 11) is 0. The fraction of sp³-hybridized carbons (Fsp3) is 0.200. The Hall–Kier alpha value is -1.29. The second-order valence-electron chi connectivity index (χ2n) is 4.42. The normalized spacial score (nSPS) is 10.5. The number of halogens is 3. The Bertz CT molecular complexity index is 689. The fourth-order valence-electron chi connectivity index (χ4n) is 2.01. The van der Waals surface area contributed by atoms with E-state index in [1.807, 2.05) is 38.1 Å². The summed E-state index contributed by atoms with van der Waals surface area (Å²) in [5.74, 6) is -0.310. The Morgan fingerprint density at radius 3 is 2.48 bits per heavy atom. The number of aryl methyl sites for hydroxylation is 1. The Kier molecular flexibility index (Phi) is 5.09. The van der Waals surface area contributed by atoms with Gasteiger partial charge in [0.2, 0.25) is 0 Å². The molecule has 1 aromatic heterocycles. The number of rotatable bonds is 3. The lowest BCUT2D eigenvalue weighted by Crippen LogP contribution is -2.32. The highest BCUT2D eigenvalue weighted by Crippen LogP contribution is 2.32. The number of aromatic nitrogens is 1. The zero-order valence-corrected chi connectivity index (χ0v) is 13.8. The molecule has 1 amide bonds. The van der Waals surface area contributed by atoms with Crippen molar-refractivity contribution in [1.82, 2.24) is 4.98 Å². The minimum absolute atomic E-state index is 0.0706. The molecule has 3 nitrogen and oxygen atoms in total. The van der Waals surface area contributed by atoms with E-state index in [4.69, 9.17) is 34.8 Å². The summed E-state index contributed by atoms with van der Waals surface area (Å²) in [5.41, 5.74) is 1.90. The van der Waals surface area contributed by atoms with Gasteiger partial charge in [-0.2, -0.15) is 0 Å². The third kappa shape index (κ3) is 3.15. The Labute approximate surface area is 138 Å². The minimum Gasteiger partial charge on any atom is -0.307 e. The lowest BCUT2D eigenvalue weighted by atomic mass is 10.1. The molecule has 2 aromatic rings. The van der Waals surface area contributed by atoms with E-state index in [9.17, 15) is 4.79 Å². The van der Waals surface area contributed by atoms with Crippen molar-refractivity contribution in [2.45, 2.75) is 13.8 Å². The molecule has 0 saturated heterocycles. The van der Waals surface area contributed by atoms with Crippen LogP contribution >= 0.6 is 34.8 Å². The van der Waals surface area contributed by atoms with Crippen LogP contribution in [-0.2, 0) is 0 Å². The third-order valence-corrected chi connectivity index (χ3v) is 4.33.